The highest BCUT2D eigenvalue weighted by atomic mass is 35.5. The summed E-state index contributed by atoms with van der Waals surface area (Å²) in [4.78, 5) is 28.9. The molecule has 0 aromatic heterocycles. The number of rotatable bonds is 11. The first-order valence-electron chi connectivity index (χ1n) is 13.5. The molecule has 1 saturated carbocycles. The first kappa shape index (κ1) is 30.8. The largest absolute Gasteiger partial charge is 0.352 e. The summed E-state index contributed by atoms with van der Waals surface area (Å²) in [5.74, 6) is -1.52. The third-order valence-electron chi connectivity index (χ3n) is 7.20. The second-order valence-corrected chi connectivity index (χ2v) is 12.6. The number of nitrogens with zero attached hydrogens (tertiary/aromatic N) is 2. The number of hydrogen-bond donors (Lipinski definition) is 1. The summed E-state index contributed by atoms with van der Waals surface area (Å²) in [6.45, 7) is 1.03. The highest BCUT2D eigenvalue weighted by molar-refractivity contribution is 7.92. The molecule has 1 fully saturated rings. The summed E-state index contributed by atoms with van der Waals surface area (Å²) < 4.78 is 42.3. The van der Waals surface area contributed by atoms with Crippen LogP contribution in [0.25, 0.3) is 0 Å². The van der Waals surface area contributed by atoms with E-state index in [-0.39, 0.29) is 35.5 Å². The van der Waals surface area contributed by atoms with E-state index < -0.39 is 34.3 Å². The van der Waals surface area contributed by atoms with E-state index in [1.165, 1.54) is 29.2 Å². The predicted molar refractivity (Wildman–Crippen MR) is 159 cm³/mol. The fourth-order valence-electron chi connectivity index (χ4n) is 5.00. The van der Waals surface area contributed by atoms with E-state index in [2.05, 4.69) is 5.32 Å². The summed E-state index contributed by atoms with van der Waals surface area (Å²) in [5, 5.41) is 3.68. The van der Waals surface area contributed by atoms with Crippen molar-refractivity contribution in [2.24, 2.45) is 0 Å². The zero-order chi connectivity index (χ0) is 29.6. The average molecular weight is 621 g/mol. The first-order valence-corrected chi connectivity index (χ1v) is 15.7. The lowest BCUT2D eigenvalue weighted by Crippen LogP contribution is -2.53. The lowest BCUT2D eigenvalue weighted by Gasteiger charge is -2.34. The fourth-order valence-corrected chi connectivity index (χ4v) is 6.95. The maximum Gasteiger partial charge on any atom is 0.264 e. The smallest absolute Gasteiger partial charge is 0.264 e. The van der Waals surface area contributed by atoms with Crippen molar-refractivity contribution in [3.8, 4) is 0 Å². The van der Waals surface area contributed by atoms with Gasteiger partial charge in [-0.25, -0.2) is 12.8 Å². The van der Waals surface area contributed by atoms with Gasteiger partial charge in [0.05, 0.1) is 10.6 Å². The van der Waals surface area contributed by atoms with Crippen LogP contribution >= 0.6 is 23.2 Å². The number of amides is 2. The van der Waals surface area contributed by atoms with Crippen LogP contribution in [0.3, 0.4) is 0 Å². The van der Waals surface area contributed by atoms with Gasteiger partial charge in [-0.2, -0.15) is 0 Å². The van der Waals surface area contributed by atoms with Gasteiger partial charge in [0.15, 0.2) is 0 Å². The van der Waals surface area contributed by atoms with Gasteiger partial charge in [-0.1, -0.05) is 67.2 Å². The van der Waals surface area contributed by atoms with Crippen molar-refractivity contribution in [3.63, 3.8) is 0 Å². The summed E-state index contributed by atoms with van der Waals surface area (Å²) in [5.41, 5.74) is 0.540. The first-order chi connectivity index (χ1) is 19.6. The topological polar surface area (TPSA) is 86.8 Å². The lowest BCUT2D eigenvalue weighted by molar-refractivity contribution is -0.140. The number of nitrogens with one attached hydrogen (secondary N) is 1. The van der Waals surface area contributed by atoms with Gasteiger partial charge in [0.25, 0.3) is 10.0 Å². The second-order valence-electron chi connectivity index (χ2n) is 9.94. The molecule has 0 radical (unpaired) electrons. The minimum atomic E-state index is -4.25. The van der Waals surface area contributed by atoms with Gasteiger partial charge < -0.3 is 10.2 Å². The third kappa shape index (κ3) is 7.39. The van der Waals surface area contributed by atoms with Gasteiger partial charge in [-0.3, -0.25) is 13.9 Å². The summed E-state index contributed by atoms with van der Waals surface area (Å²) in [7, 11) is -4.25. The van der Waals surface area contributed by atoms with Gasteiger partial charge in [-0.15, -0.1) is 0 Å². The lowest BCUT2D eigenvalue weighted by atomic mass is 10.1. The normalized spacial score (nSPS) is 14.4. The molecule has 0 saturated heterocycles. The van der Waals surface area contributed by atoms with Crippen LogP contribution in [-0.4, -0.2) is 43.8 Å². The van der Waals surface area contributed by atoms with Crippen molar-refractivity contribution in [2.75, 3.05) is 10.8 Å². The van der Waals surface area contributed by atoms with Crippen LogP contribution in [0.15, 0.2) is 77.7 Å². The number of sulfonamides is 1. The van der Waals surface area contributed by atoms with Crippen LogP contribution in [0.2, 0.25) is 10.0 Å². The molecule has 1 atom stereocenters. The molecular formula is C30H32Cl2FN3O4S. The van der Waals surface area contributed by atoms with Crippen molar-refractivity contribution >= 4 is 50.7 Å². The minimum absolute atomic E-state index is 0.0200. The zero-order valence-electron chi connectivity index (χ0n) is 22.6. The number of hydrogen-bond acceptors (Lipinski definition) is 4. The van der Waals surface area contributed by atoms with Gasteiger partial charge >= 0.3 is 0 Å². The molecule has 1 aliphatic rings. The summed E-state index contributed by atoms with van der Waals surface area (Å²) in [6.07, 6.45) is 4.03. The monoisotopic (exact) mass is 619 g/mol. The number of carbonyl (C=O) groups excluding carboxylic acids is 2. The fraction of sp³-hybridized carbons (Fsp3) is 0.333. The van der Waals surface area contributed by atoms with Crippen LogP contribution in [0.5, 0.6) is 0 Å². The van der Waals surface area contributed by atoms with E-state index in [0.717, 1.165) is 42.1 Å². The van der Waals surface area contributed by atoms with Gasteiger partial charge in [0, 0.05) is 28.2 Å². The third-order valence-corrected chi connectivity index (χ3v) is 9.70. The van der Waals surface area contributed by atoms with E-state index >= 15 is 0 Å². The molecule has 0 aliphatic heterocycles. The van der Waals surface area contributed by atoms with E-state index in [0.29, 0.717) is 15.6 Å². The number of anilines is 1. The predicted octanol–water partition coefficient (Wildman–Crippen LogP) is 6.19. The van der Waals surface area contributed by atoms with E-state index in [1.54, 1.807) is 43.3 Å². The molecule has 7 nitrogen and oxygen atoms in total. The molecule has 11 heteroatoms. The molecule has 1 N–H and O–H groups in total. The van der Waals surface area contributed by atoms with E-state index in [1.807, 2.05) is 0 Å². The molecule has 1 aliphatic carbocycles. The second kappa shape index (κ2) is 13.7. The Kier molecular flexibility index (Phi) is 10.3. The SMILES string of the molecule is CCC(C(=O)NC1CCCC1)N(Cc1c(Cl)cccc1Cl)C(=O)CN(c1ccc(F)cc1)S(=O)(=O)c1ccccc1. The van der Waals surface area contributed by atoms with Crippen molar-refractivity contribution < 1.29 is 22.4 Å². The Morgan fingerprint density at radius 3 is 2.15 bits per heavy atom. The Hall–Kier alpha value is -3.14. The van der Waals surface area contributed by atoms with E-state index in [9.17, 15) is 22.4 Å². The van der Waals surface area contributed by atoms with Crippen LogP contribution in [0.4, 0.5) is 10.1 Å². The van der Waals surface area contributed by atoms with Gasteiger partial charge in [0.2, 0.25) is 11.8 Å². The van der Waals surface area contributed by atoms with E-state index in [4.69, 9.17) is 23.2 Å². The van der Waals surface area contributed by atoms with Crippen LogP contribution in [0, 0.1) is 5.82 Å². The molecule has 2 amide bonds. The highest BCUT2D eigenvalue weighted by Gasteiger charge is 2.35. The van der Waals surface area contributed by atoms with Crippen LogP contribution < -0.4 is 9.62 Å². The van der Waals surface area contributed by atoms with Crippen molar-refractivity contribution in [1.82, 2.24) is 10.2 Å². The number of carbonyl (C=O) groups is 2. The maximum absolute atomic E-state index is 14.1. The zero-order valence-corrected chi connectivity index (χ0v) is 24.9. The number of benzene rings is 3. The quantitative estimate of drug-likeness (QED) is 0.277. The summed E-state index contributed by atoms with van der Waals surface area (Å²) >= 11 is 12.9. The number of halogens is 3. The molecule has 41 heavy (non-hydrogen) atoms. The van der Waals surface area contributed by atoms with Gasteiger partial charge in [0.1, 0.15) is 18.4 Å². The van der Waals surface area contributed by atoms with Crippen molar-refractivity contribution in [1.29, 1.82) is 0 Å². The Morgan fingerprint density at radius 2 is 1.56 bits per heavy atom. The van der Waals surface area contributed by atoms with Crippen LogP contribution in [-0.2, 0) is 26.2 Å². The Labute approximate surface area is 250 Å². The molecule has 0 bridgehead atoms. The molecule has 0 spiro atoms. The van der Waals surface area contributed by atoms with Gasteiger partial charge in [-0.05, 0) is 67.8 Å². The molecule has 0 heterocycles. The molecule has 3 aromatic carbocycles. The molecule has 4 rings (SSSR count). The molecule has 3 aromatic rings. The standard InChI is InChI=1S/C30H32Cl2FN3O4S/c1-2-28(30(38)34-22-9-6-7-10-22)35(19-25-26(31)13-8-14-27(25)32)29(37)20-36(23-17-15-21(33)16-18-23)41(39,40)24-11-4-3-5-12-24/h3-5,8,11-18,22,28H,2,6-7,9-10,19-20H2,1H3,(H,34,38). The summed E-state index contributed by atoms with van der Waals surface area (Å²) in [6, 6.07) is 16.5. The molecule has 1 unspecified atom stereocenters. The Balaban J connectivity index is 1.73. The average Bonchev–Trinajstić information content (AvgIpc) is 3.47. The Morgan fingerprint density at radius 1 is 0.951 bits per heavy atom. The molecular weight excluding hydrogens is 588 g/mol. The highest BCUT2D eigenvalue weighted by Crippen LogP contribution is 2.29. The van der Waals surface area contributed by atoms with Crippen molar-refractivity contribution in [2.45, 2.75) is 62.6 Å². The van der Waals surface area contributed by atoms with Crippen LogP contribution in [0.1, 0.15) is 44.6 Å². The minimum Gasteiger partial charge on any atom is -0.352 e. The molecule has 218 valence electrons. The van der Waals surface area contributed by atoms with Crippen molar-refractivity contribution in [3.05, 3.63) is 94.2 Å². The Bertz CT molecular complexity index is 1450. The maximum atomic E-state index is 14.1.